The summed E-state index contributed by atoms with van der Waals surface area (Å²) in [4.78, 5) is 0. The topological polar surface area (TPSA) is 63.9 Å². The molecule has 1 aromatic carbocycles. The first-order valence-electron chi connectivity index (χ1n) is 6.68. The van der Waals surface area contributed by atoms with Crippen molar-refractivity contribution in [2.75, 3.05) is 12.3 Å². The van der Waals surface area contributed by atoms with Crippen molar-refractivity contribution in [1.82, 2.24) is 10.2 Å². The third-order valence-electron chi connectivity index (χ3n) is 3.60. The molecule has 0 radical (unpaired) electrons. The summed E-state index contributed by atoms with van der Waals surface area (Å²) in [5.41, 5.74) is 6.85. The number of ether oxygens (including phenoxy) is 1. The van der Waals surface area contributed by atoms with Crippen molar-refractivity contribution in [2.45, 2.75) is 25.4 Å². The molecule has 4 nitrogen and oxygen atoms in total. The van der Waals surface area contributed by atoms with Crippen LogP contribution in [0, 0.1) is 17.5 Å². The summed E-state index contributed by atoms with van der Waals surface area (Å²) in [6.45, 7) is 0.606. The zero-order valence-corrected chi connectivity index (χ0v) is 11.1. The Morgan fingerprint density at radius 1 is 1.19 bits per heavy atom. The van der Waals surface area contributed by atoms with Crippen LogP contribution in [0.4, 0.5) is 19.0 Å². The van der Waals surface area contributed by atoms with Crippen LogP contribution in [0.25, 0.3) is 11.1 Å². The molecule has 3 rings (SSSR count). The van der Waals surface area contributed by atoms with Gasteiger partial charge in [0.1, 0.15) is 0 Å². The van der Waals surface area contributed by atoms with E-state index in [1.807, 2.05) is 0 Å². The minimum absolute atomic E-state index is 0.101. The number of nitrogens with two attached hydrogens (primary N) is 1. The van der Waals surface area contributed by atoms with Crippen LogP contribution in [0.5, 0.6) is 0 Å². The van der Waals surface area contributed by atoms with Crippen molar-refractivity contribution < 1.29 is 17.9 Å². The number of anilines is 1. The highest BCUT2D eigenvalue weighted by molar-refractivity contribution is 5.76. The minimum Gasteiger partial charge on any atom is -0.382 e. The van der Waals surface area contributed by atoms with E-state index >= 15 is 0 Å². The summed E-state index contributed by atoms with van der Waals surface area (Å²) in [7, 11) is 0. The first-order valence-corrected chi connectivity index (χ1v) is 6.68. The van der Waals surface area contributed by atoms with Gasteiger partial charge in [-0.05, 0) is 37.0 Å². The van der Waals surface area contributed by atoms with Crippen LogP contribution in [0.1, 0.15) is 31.1 Å². The van der Waals surface area contributed by atoms with Crippen LogP contribution in [-0.2, 0) is 4.74 Å². The Kier molecular flexibility index (Phi) is 3.59. The number of halogens is 3. The summed E-state index contributed by atoms with van der Waals surface area (Å²) >= 11 is 0. The summed E-state index contributed by atoms with van der Waals surface area (Å²) in [6.07, 6.45) is 2.46. The van der Waals surface area contributed by atoms with Gasteiger partial charge in [0.15, 0.2) is 23.3 Å². The largest absolute Gasteiger partial charge is 0.382 e. The van der Waals surface area contributed by atoms with Gasteiger partial charge in [0.2, 0.25) is 0 Å². The monoisotopic (exact) mass is 297 g/mol. The number of nitrogen functional groups attached to an aromatic ring is 1. The molecular formula is C14H14F3N3O. The zero-order chi connectivity index (χ0) is 15.0. The Morgan fingerprint density at radius 2 is 1.90 bits per heavy atom. The van der Waals surface area contributed by atoms with Gasteiger partial charge in [-0.1, -0.05) is 0 Å². The molecule has 7 heteroatoms. The molecule has 112 valence electrons. The van der Waals surface area contributed by atoms with E-state index in [2.05, 4.69) is 10.2 Å². The highest BCUT2D eigenvalue weighted by atomic mass is 19.2. The lowest BCUT2D eigenvalue weighted by molar-refractivity contribution is 0.0126. The summed E-state index contributed by atoms with van der Waals surface area (Å²) in [5, 5.41) is 6.64. The van der Waals surface area contributed by atoms with E-state index in [9.17, 15) is 13.2 Å². The van der Waals surface area contributed by atoms with Gasteiger partial charge in [-0.25, -0.2) is 13.2 Å². The van der Waals surface area contributed by atoms with Crippen molar-refractivity contribution in [3.63, 3.8) is 0 Å². The van der Waals surface area contributed by atoms with Crippen LogP contribution in [-0.4, -0.2) is 16.8 Å². The molecule has 3 N–H and O–H groups in total. The first kappa shape index (κ1) is 13.9. The van der Waals surface area contributed by atoms with E-state index in [0.29, 0.717) is 17.9 Å². The number of H-pyrrole nitrogens is 1. The van der Waals surface area contributed by atoms with E-state index in [1.165, 1.54) is 0 Å². The predicted molar refractivity (Wildman–Crippen MR) is 70.9 cm³/mol. The molecule has 0 amide bonds. The lowest BCUT2D eigenvalue weighted by Crippen LogP contribution is -2.13. The molecule has 0 bridgehead atoms. The van der Waals surface area contributed by atoms with Gasteiger partial charge in [0.25, 0.3) is 0 Å². The summed E-state index contributed by atoms with van der Waals surface area (Å²) < 4.78 is 45.6. The molecule has 0 saturated carbocycles. The molecule has 1 saturated heterocycles. The smallest absolute Gasteiger partial charge is 0.194 e. The number of hydrogen-bond acceptors (Lipinski definition) is 3. The molecule has 1 unspecified atom stereocenters. The quantitative estimate of drug-likeness (QED) is 0.836. The van der Waals surface area contributed by atoms with E-state index in [1.54, 1.807) is 0 Å². The molecule has 0 spiro atoms. The maximum Gasteiger partial charge on any atom is 0.194 e. The fourth-order valence-electron chi connectivity index (χ4n) is 2.57. The average molecular weight is 297 g/mol. The molecule has 2 aromatic rings. The maximum absolute atomic E-state index is 13.4. The van der Waals surface area contributed by atoms with Crippen molar-refractivity contribution in [2.24, 2.45) is 0 Å². The van der Waals surface area contributed by atoms with Gasteiger partial charge in [0.05, 0.1) is 11.8 Å². The van der Waals surface area contributed by atoms with Gasteiger partial charge >= 0.3 is 0 Å². The number of rotatable bonds is 2. The Morgan fingerprint density at radius 3 is 2.52 bits per heavy atom. The minimum atomic E-state index is -1.50. The molecule has 1 aliphatic heterocycles. The number of aromatic amines is 1. The van der Waals surface area contributed by atoms with E-state index < -0.39 is 17.5 Å². The number of nitrogens with zero attached hydrogens (tertiary/aromatic N) is 1. The van der Waals surface area contributed by atoms with Crippen molar-refractivity contribution in [3.8, 4) is 11.1 Å². The standard InChI is InChI=1S/C14H14F3N3O/c15-8-5-7(6-9(16)12(8)17)11-13(19-20-14(11)18)10-3-1-2-4-21-10/h5-6,10H,1-4H2,(H3,18,19,20). The lowest BCUT2D eigenvalue weighted by atomic mass is 9.98. The van der Waals surface area contributed by atoms with E-state index in [4.69, 9.17) is 10.5 Å². The van der Waals surface area contributed by atoms with Gasteiger partial charge in [-0.2, -0.15) is 5.10 Å². The fourth-order valence-corrected chi connectivity index (χ4v) is 2.57. The Hall–Kier alpha value is -2.02. The zero-order valence-electron chi connectivity index (χ0n) is 11.1. The Balaban J connectivity index is 2.07. The first-order chi connectivity index (χ1) is 10.1. The molecule has 0 aliphatic carbocycles. The number of benzene rings is 1. The molecule has 1 aliphatic rings. The number of hydrogen-bond donors (Lipinski definition) is 2. The molecule has 1 atom stereocenters. The average Bonchev–Trinajstić information content (AvgIpc) is 2.87. The van der Waals surface area contributed by atoms with Crippen LogP contribution in [0.15, 0.2) is 12.1 Å². The molecular weight excluding hydrogens is 283 g/mol. The molecule has 21 heavy (non-hydrogen) atoms. The van der Waals surface area contributed by atoms with Gasteiger partial charge in [-0.15, -0.1) is 0 Å². The highest BCUT2D eigenvalue weighted by Crippen LogP contribution is 2.37. The third-order valence-corrected chi connectivity index (χ3v) is 3.60. The second-order valence-corrected chi connectivity index (χ2v) is 5.01. The lowest BCUT2D eigenvalue weighted by Gasteiger charge is -2.22. The van der Waals surface area contributed by atoms with Crippen LogP contribution in [0.2, 0.25) is 0 Å². The van der Waals surface area contributed by atoms with Crippen molar-refractivity contribution >= 4 is 5.82 Å². The molecule has 2 heterocycles. The Labute approximate surface area is 119 Å². The summed E-state index contributed by atoms with van der Waals surface area (Å²) in [5.74, 6) is -3.93. The third kappa shape index (κ3) is 2.49. The number of aromatic nitrogens is 2. The van der Waals surface area contributed by atoms with Gasteiger partial charge < -0.3 is 10.5 Å². The number of nitrogens with one attached hydrogen (secondary N) is 1. The maximum atomic E-state index is 13.4. The molecule has 1 fully saturated rings. The van der Waals surface area contributed by atoms with E-state index in [0.717, 1.165) is 31.4 Å². The van der Waals surface area contributed by atoms with Crippen LogP contribution in [0.3, 0.4) is 0 Å². The summed E-state index contributed by atoms with van der Waals surface area (Å²) in [6, 6.07) is 1.82. The molecule has 1 aromatic heterocycles. The SMILES string of the molecule is Nc1n[nH]c(C2CCCCO2)c1-c1cc(F)c(F)c(F)c1. The fraction of sp³-hybridized carbons (Fsp3) is 0.357. The second kappa shape index (κ2) is 5.40. The van der Waals surface area contributed by atoms with Crippen LogP contribution < -0.4 is 5.73 Å². The second-order valence-electron chi connectivity index (χ2n) is 5.01. The van der Waals surface area contributed by atoms with Gasteiger partial charge in [-0.3, -0.25) is 5.10 Å². The van der Waals surface area contributed by atoms with E-state index in [-0.39, 0.29) is 17.5 Å². The van der Waals surface area contributed by atoms with Crippen LogP contribution >= 0.6 is 0 Å². The predicted octanol–water partition coefficient (Wildman–Crippen LogP) is 3.32. The van der Waals surface area contributed by atoms with Crippen molar-refractivity contribution in [3.05, 3.63) is 35.3 Å². The Bertz CT molecular complexity index is 642. The highest BCUT2D eigenvalue weighted by Gasteiger charge is 2.25. The normalized spacial score (nSPS) is 18.9. The van der Waals surface area contributed by atoms with Crippen molar-refractivity contribution in [1.29, 1.82) is 0 Å². The van der Waals surface area contributed by atoms with Gasteiger partial charge in [0, 0.05) is 12.2 Å².